The van der Waals surface area contributed by atoms with E-state index in [1.165, 1.54) is 23.5 Å². The van der Waals surface area contributed by atoms with Crippen LogP contribution in [0.4, 0.5) is 14.9 Å². The maximum Gasteiger partial charge on any atom is 0.412 e. The molecule has 1 aliphatic rings. The Bertz CT molecular complexity index is 1500. The highest BCUT2D eigenvalue weighted by Gasteiger charge is 2.52. The highest BCUT2D eigenvalue weighted by Crippen LogP contribution is 2.49. The Morgan fingerprint density at radius 3 is 2.26 bits per heavy atom. The van der Waals surface area contributed by atoms with Crippen molar-refractivity contribution in [2.75, 3.05) is 11.9 Å². The van der Waals surface area contributed by atoms with E-state index in [0.29, 0.717) is 22.2 Å². The molecule has 0 radical (unpaired) electrons. The zero-order chi connectivity index (χ0) is 27.6. The molecule has 1 fully saturated rings. The predicted molar refractivity (Wildman–Crippen MR) is 153 cm³/mol. The van der Waals surface area contributed by atoms with Crippen LogP contribution in [-0.4, -0.2) is 18.7 Å². The highest BCUT2D eigenvalue weighted by molar-refractivity contribution is 7.20. The second-order valence-corrected chi connectivity index (χ2v) is 11.2. The molecule has 0 aliphatic heterocycles. The molecule has 3 aromatic carbocycles. The summed E-state index contributed by atoms with van der Waals surface area (Å²) in [5.41, 5.74) is 4.53. The summed E-state index contributed by atoms with van der Waals surface area (Å²) in [6.07, 6.45) is 0.347. The van der Waals surface area contributed by atoms with Gasteiger partial charge in [-0.2, -0.15) is 0 Å². The number of thiophene rings is 1. The van der Waals surface area contributed by atoms with Crippen LogP contribution in [-0.2, 0) is 19.7 Å². The van der Waals surface area contributed by atoms with Gasteiger partial charge in [-0.25, -0.2) is 9.18 Å². The minimum Gasteiger partial charge on any atom is -0.465 e. The molecular formula is C31H27ClFNO4S. The van der Waals surface area contributed by atoms with Crippen molar-refractivity contribution in [1.29, 1.82) is 0 Å². The fourth-order valence-electron chi connectivity index (χ4n) is 4.60. The minimum absolute atomic E-state index is 0.145. The Hall–Kier alpha value is -3.68. The van der Waals surface area contributed by atoms with Crippen molar-refractivity contribution in [3.8, 4) is 21.6 Å². The lowest BCUT2D eigenvalue weighted by atomic mass is 9.93. The van der Waals surface area contributed by atoms with Crippen molar-refractivity contribution < 1.29 is 23.5 Å². The Morgan fingerprint density at radius 2 is 1.64 bits per heavy atom. The second-order valence-electron chi connectivity index (χ2n) is 9.48. The molecule has 200 valence electrons. The number of esters is 1. The average molecular weight is 564 g/mol. The van der Waals surface area contributed by atoms with E-state index in [4.69, 9.17) is 21.1 Å². The van der Waals surface area contributed by atoms with Crippen molar-refractivity contribution in [2.24, 2.45) is 0 Å². The maximum atomic E-state index is 13.5. The minimum atomic E-state index is -0.657. The molecule has 39 heavy (non-hydrogen) atoms. The lowest BCUT2D eigenvalue weighted by molar-refractivity contribution is -0.146. The Balaban J connectivity index is 1.28. The molecule has 0 saturated heterocycles. The van der Waals surface area contributed by atoms with Crippen LogP contribution in [0.15, 0.2) is 78.9 Å². The van der Waals surface area contributed by atoms with Gasteiger partial charge in [0.1, 0.15) is 11.9 Å². The highest BCUT2D eigenvalue weighted by atomic mass is 35.5. The van der Waals surface area contributed by atoms with E-state index in [2.05, 4.69) is 5.32 Å². The molecule has 1 amide bonds. The van der Waals surface area contributed by atoms with Crippen LogP contribution < -0.4 is 5.32 Å². The number of hydrogen-bond donors (Lipinski definition) is 1. The number of rotatable bonds is 8. The number of anilines is 1. The first-order valence-electron chi connectivity index (χ1n) is 12.7. The largest absolute Gasteiger partial charge is 0.465 e. The van der Waals surface area contributed by atoms with Crippen molar-refractivity contribution >= 4 is 40.7 Å². The molecule has 1 atom stereocenters. The van der Waals surface area contributed by atoms with E-state index in [1.54, 1.807) is 25.1 Å². The van der Waals surface area contributed by atoms with Crippen molar-refractivity contribution in [1.82, 2.24) is 0 Å². The standard InChI is InChI=1S/C31H27ClFNO4S/c1-3-37-29(35)31(15-16-31)24-13-11-21(12-14-24)20-7-9-22(10-8-20)28-26(18-27(32)39-28)34-30(36)38-19(2)23-5-4-6-25(33)17-23/h4-14,17-19H,3,15-16H2,1-2H3,(H,34,36). The normalized spacial score (nSPS) is 14.4. The van der Waals surface area contributed by atoms with Gasteiger partial charge >= 0.3 is 12.1 Å². The molecule has 5 nitrogen and oxygen atoms in total. The van der Waals surface area contributed by atoms with Crippen LogP contribution in [0.3, 0.4) is 0 Å². The van der Waals surface area contributed by atoms with Crippen LogP contribution in [0.25, 0.3) is 21.6 Å². The number of halogens is 2. The number of hydrogen-bond acceptors (Lipinski definition) is 5. The van der Waals surface area contributed by atoms with Gasteiger partial charge in [-0.3, -0.25) is 10.1 Å². The number of nitrogens with one attached hydrogen (secondary N) is 1. The fraction of sp³-hybridized carbons (Fsp3) is 0.226. The third-order valence-corrected chi connectivity index (χ3v) is 8.19. The first-order valence-corrected chi connectivity index (χ1v) is 13.9. The van der Waals surface area contributed by atoms with Gasteiger partial charge in [0.05, 0.1) is 26.9 Å². The van der Waals surface area contributed by atoms with Crippen LogP contribution in [0.2, 0.25) is 4.34 Å². The van der Waals surface area contributed by atoms with E-state index in [0.717, 1.165) is 40.0 Å². The summed E-state index contributed by atoms with van der Waals surface area (Å²) in [6.45, 7) is 3.89. The molecule has 1 aromatic heterocycles. The van der Waals surface area contributed by atoms with E-state index in [-0.39, 0.29) is 5.97 Å². The van der Waals surface area contributed by atoms with Gasteiger partial charge in [0, 0.05) is 0 Å². The molecule has 0 bridgehead atoms. The molecule has 1 aliphatic carbocycles. The predicted octanol–water partition coefficient (Wildman–Crippen LogP) is 8.78. The van der Waals surface area contributed by atoms with Crippen molar-refractivity contribution in [3.63, 3.8) is 0 Å². The summed E-state index contributed by atoms with van der Waals surface area (Å²) in [7, 11) is 0. The number of benzene rings is 3. The number of carbonyl (C=O) groups excluding carboxylic acids is 2. The van der Waals surface area contributed by atoms with Crippen LogP contribution in [0.5, 0.6) is 0 Å². The van der Waals surface area contributed by atoms with Gasteiger partial charge in [0.15, 0.2) is 0 Å². The Labute approximate surface area is 235 Å². The van der Waals surface area contributed by atoms with Crippen LogP contribution >= 0.6 is 22.9 Å². The smallest absolute Gasteiger partial charge is 0.412 e. The zero-order valence-electron chi connectivity index (χ0n) is 21.5. The molecule has 1 unspecified atom stereocenters. The zero-order valence-corrected chi connectivity index (χ0v) is 23.1. The molecule has 4 aromatic rings. The third kappa shape index (κ3) is 5.84. The molecule has 1 saturated carbocycles. The summed E-state index contributed by atoms with van der Waals surface area (Å²) in [4.78, 5) is 25.8. The summed E-state index contributed by atoms with van der Waals surface area (Å²) in [6, 6.07) is 23.6. The quantitative estimate of drug-likeness (QED) is 0.218. The van der Waals surface area contributed by atoms with Gasteiger partial charge in [-0.05, 0) is 72.7 Å². The average Bonchev–Trinajstić information content (AvgIpc) is 3.66. The van der Waals surface area contributed by atoms with Crippen molar-refractivity contribution in [2.45, 2.75) is 38.2 Å². The molecule has 5 rings (SSSR count). The van der Waals surface area contributed by atoms with Gasteiger partial charge in [-0.1, -0.05) is 72.3 Å². The summed E-state index contributed by atoms with van der Waals surface area (Å²) >= 11 is 7.64. The molecule has 1 N–H and O–H groups in total. The van der Waals surface area contributed by atoms with Gasteiger partial charge in [0.25, 0.3) is 0 Å². The first kappa shape index (κ1) is 26.9. The molecule has 0 spiro atoms. The van der Waals surface area contributed by atoms with E-state index in [1.807, 2.05) is 55.5 Å². The summed E-state index contributed by atoms with van der Waals surface area (Å²) in [5, 5.41) is 2.77. The number of amides is 1. The SMILES string of the molecule is CCOC(=O)C1(c2ccc(-c3ccc(-c4sc(Cl)cc4NC(=O)OC(C)c4cccc(F)c4)cc3)cc2)CC1. The maximum absolute atomic E-state index is 13.5. The second kappa shape index (κ2) is 11.2. The van der Waals surface area contributed by atoms with Crippen LogP contribution in [0.1, 0.15) is 43.9 Å². The summed E-state index contributed by atoms with van der Waals surface area (Å²) in [5.74, 6) is -0.536. The molecule has 1 heterocycles. The van der Waals surface area contributed by atoms with Gasteiger partial charge < -0.3 is 9.47 Å². The lowest BCUT2D eigenvalue weighted by Gasteiger charge is -2.15. The molecular weight excluding hydrogens is 537 g/mol. The van der Waals surface area contributed by atoms with Gasteiger partial charge in [0.2, 0.25) is 0 Å². The molecule has 8 heteroatoms. The van der Waals surface area contributed by atoms with Gasteiger partial charge in [-0.15, -0.1) is 11.3 Å². The topological polar surface area (TPSA) is 64.6 Å². The summed E-state index contributed by atoms with van der Waals surface area (Å²) < 4.78 is 24.8. The first-order chi connectivity index (χ1) is 18.8. The van der Waals surface area contributed by atoms with E-state index >= 15 is 0 Å². The Kier molecular flexibility index (Phi) is 7.73. The fourth-order valence-corrected chi connectivity index (χ4v) is 5.78. The monoisotopic (exact) mass is 563 g/mol. The number of carbonyl (C=O) groups is 2. The van der Waals surface area contributed by atoms with Crippen molar-refractivity contribution in [3.05, 3.63) is 100 Å². The van der Waals surface area contributed by atoms with E-state index < -0.39 is 23.4 Å². The van der Waals surface area contributed by atoms with E-state index in [9.17, 15) is 14.0 Å². The number of ether oxygens (including phenoxy) is 2. The lowest BCUT2D eigenvalue weighted by Crippen LogP contribution is -2.23. The Morgan fingerprint density at radius 1 is 1.00 bits per heavy atom. The van der Waals surface area contributed by atoms with Crippen LogP contribution in [0, 0.1) is 5.82 Å². The third-order valence-electron chi connectivity index (χ3n) is 6.87.